The summed E-state index contributed by atoms with van der Waals surface area (Å²) in [6.45, 7) is 3.42. The number of thiazole rings is 1. The predicted molar refractivity (Wildman–Crippen MR) is 109 cm³/mol. The molecule has 0 fully saturated rings. The molecule has 0 bridgehead atoms. The van der Waals surface area contributed by atoms with Gasteiger partial charge in [-0.2, -0.15) is 0 Å². The lowest BCUT2D eigenvalue weighted by molar-refractivity contribution is -0.117. The highest BCUT2D eigenvalue weighted by Crippen LogP contribution is 2.42. The number of benzene rings is 2. The zero-order chi connectivity index (χ0) is 21.6. The van der Waals surface area contributed by atoms with Gasteiger partial charge in [0.2, 0.25) is 5.78 Å². The molecule has 1 atom stereocenters. The van der Waals surface area contributed by atoms with E-state index in [1.54, 1.807) is 13.8 Å². The second kappa shape index (κ2) is 7.46. The van der Waals surface area contributed by atoms with Gasteiger partial charge in [0.05, 0.1) is 27.2 Å². The molecule has 1 amide bonds. The molecule has 0 saturated heterocycles. The Kier molecular flexibility index (Phi) is 4.95. The first kappa shape index (κ1) is 19.9. The van der Waals surface area contributed by atoms with Crippen molar-refractivity contribution in [1.82, 2.24) is 4.98 Å². The number of ketones is 1. The first-order chi connectivity index (χ1) is 14.3. The number of Topliss-reactive ketones (excluding diaryl/α,β-unsaturated/α-hetero) is 1. The van der Waals surface area contributed by atoms with E-state index in [4.69, 9.17) is 0 Å². The van der Waals surface area contributed by atoms with Crippen LogP contribution < -0.4 is 4.90 Å². The number of carbonyl (C=O) groups is 2. The van der Waals surface area contributed by atoms with E-state index >= 15 is 0 Å². The Bertz CT molecular complexity index is 1200. The second-order valence-electron chi connectivity index (χ2n) is 6.85. The van der Waals surface area contributed by atoms with E-state index in [0.717, 1.165) is 22.3 Å². The number of hydrogen-bond donors (Lipinski definition) is 1. The van der Waals surface area contributed by atoms with E-state index in [2.05, 4.69) is 4.98 Å². The molecule has 1 aliphatic heterocycles. The summed E-state index contributed by atoms with van der Waals surface area (Å²) in [5, 5.41) is 11.3. The molecule has 1 unspecified atom stereocenters. The number of aromatic nitrogens is 1. The maximum atomic E-state index is 13.9. The van der Waals surface area contributed by atoms with E-state index in [1.165, 1.54) is 42.5 Å². The van der Waals surface area contributed by atoms with E-state index in [9.17, 15) is 23.5 Å². The molecule has 0 aliphatic carbocycles. The van der Waals surface area contributed by atoms with E-state index in [1.807, 2.05) is 0 Å². The molecule has 30 heavy (non-hydrogen) atoms. The third-order valence-electron chi connectivity index (χ3n) is 4.83. The molecule has 5 nitrogen and oxygen atoms in total. The minimum atomic E-state index is -1.05. The number of aliphatic hydroxyl groups excluding tert-OH is 1. The van der Waals surface area contributed by atoms with Crippen molar-refractivity contribution in [2.24, 2.45) is 0 Å². The van der Waals surface area contributed by atoms with Crippen LogP contribution in [0.4, 0.5) is 14.5 Å². The summed E-state index contributed by atoms with van der Waals surface area (Å²) in [6.07, 6.45) is 0. The van der Waals surface area contributed by atoms with Crippen LogP contribution in [0.1, 0.15) is 32.0 Å². The molecule has 4 rings (SSSR count). The van der Waals surface area contributed by atoms with Gasteiger partial charge in [-0.3, -0.25) is 14.5 Å². The molecule has 1 aliphatic rings. The third-order valence-corrected chi connectivity index (χ3v) is 5.91. The van der Waals surface area contributed by atoms with Crippen LogP contribution in [-0.4, -0.2) is 21.8 Å². The fourth-order valence-electron chi connectivity index (χ4n) is 3.55. The summed E-state index contributed by atoms with van der Waals surface area (Å²) in [7, 11) is 0. The first-order valence-electron chi connectivity index (χ1n) is 9.04. The zero-order valence-corrected chi connectivity index (χ0v) is 16.8. The largest absolute Gasteiger partial charge is 0.503 e. The molecule has 3 aromatic rings. The minimum absolute atomic E-state index is 0.150. The summed E-state index contributed by atoms with van der Waals surface area (Å²) >= 11 is 1.16. The molecule has 2 heterocycles. The number of rotatable bonds is 4. The SMILES string of the molecule is Cc1nc(C)c(C(=O)C2=C(O)C(=O)N(c3cccc(F)c3)C2c2ccc(F)cc2)s1. The van der Waals surface area contributed by atoms with Crippen molar-refractivity contribution in [2.45, 2.75) is 19.9 Å². The van der Waals surface area contributed by atoms with Crippen LogP contribution >= 0.6 is 11.3 Å². The van der Waals surface area contributed by atoms with Crippen LogP contribution in [0.15, 0.2) is 59.9 Å². The Morgan fingerprint density at radius 1 is 1.10 bits per heavy atom. The summed E-state index contributed by atoms with van der Waals surface area (Å²) < 4.78 is 27.4. The molecule has 1 aromatic heterocycles. The second-order valence-corrected chi connectivity index (χ2v) is 8.05. The van der Waals surface area contributed by atoms with Crippen LogP contribution in [-0.2, 0) is 4.79 Å². The Balaban J connectivity index is 1.90. The van der Waals surface area contributed by atoms with Gasteiger partial charge in [-0.25, -0.2) is 13.8 Å². The van der Waals surface area contributed by atoms with Crippen LogP contribution in [0.2, 0.25) is 0 Å². The molecule has 0 spiro atoms. The van der Waals surface area contributed by atoms with Crippen molar-refractivity contribution < 1.29 is 23.5 Å². The summed E-state index contributed by atoms with van der Waals surface area (Å²) in [4.78, 5) is 32.0. The number of halogens is 2. The predicted octanol–water partition coefficient (Wildman–Crippen LogP) is 4.82. The number of aryl methyl sites for hydroxylation is 2. The fourth-order valence-corrected chi connectivity index (χ4v) is 4.43. The van der Waals surface area contributed by atoms with Crippen LogP contribution in [0.3, 0.4) is 0 Å². The topological polar surface area (TPSA) is 70.5 Å². The number of amides is 1. The molecule has 0 radical (unpaired) electrons. The molecule has 0 saturated carbocycles. The van der Waals surface area contributed by atoms with Gasteiger partial charge in [0.15, 0.2) is 5.76 Å². The standard InChI is InChI=1S/C22H16F2N2O3S/c1-11-21(30-12(2)25-11)19(27)17-18(13-6-8-14(23)9-7-13)26(22(29)20(17)28)16-5-3-4-15(24)10-16/h3-10,18,28H,1-2H3. The molecular formula is C22H16F2N2O3S. The summed E-state index contributed by atoms with van der Waals surface area (Å²) in [6, 6.07) is 9.48. The normalized spacial score (nSPS) is 16.5. The third kappa shape index (κ3) is 3.29. The average Bonchev–Trinajstić information content (AvgIpc) is 3.18. The fraction of sp³-hybridized carbons (Fsp3) is 0.136. The van der Waals surface area contributed by atoms with Gasteiger partial charge >= 0.3 is 0 Å². The lowest BCUT2D eigenvalue weighted by Crippen LogP contribution is -2.31. The monoisotopic (exact) mass is 426 g/mol. The van der Waals surface area contributed by atoms with Crippen LogP contribution in [0.5, 0.6) is 0 Å². The molecule has 152 valence electrons. The van der Waals surface area contributed by atoms with E-state index < -0.39 is 35.1 Å². The Hall–Kier alpha value is -3.39. The van der Waals surface area contributed by atoms with Crippen molar-refractivity contribution in [1.29, 1.82) is 0 Å². The van der Waals surface area contributed by atoms with Crippen molar-refractivity contribution in [3.8, 4) is 0 Å². The van der Waals surface area contributed by atoms with Gasteiger partial charge in [0.1, 0.15) is 11.6 Å². The van der Waals surface area contributed by atoms with Gasteiger partial charge in [0.25, 0.3) is 5.91 Å². The van der Waals surface area contributed by atoms with Crippen molar-refractivity contribution in [3.05, 3.63) is 92.6 Å². The van der Waals surface area contributed by atoms with E-state index in [-0.39, 0.29) is 11.3 Å². The van der Waals surface area contributed by atoms with Crippen LogP contribution in [0, 0.1) is 25.5 Å². The number of anilines is 1. The lowest BCUT2D eigenvalue weighted by Gasteiger charge is -2.27. The highest BCUT2D eigenvalue weighted by molar-refractivity contribution is 7.14. The molecule has 1 N–H and O–H groups in total. The Labute approximate surface area is 174 Å². The smallest absolute Gasteiger partial charge is 0.294 e. The van der Waals surface area contributed by atoms with Crippen LogP contribution in [0.25, 0.3) is 0 Å². The minimum Gasteiger partial charge on any atom is -0.503 e. The van der Waals surface area contributed by atoms with Crippen molar-refractivity contribution >= 4 is 28.7 Å². The molecule has 8 heteroatoms. The quantitative estimate of drug-likeness (QED) is 0.607. The lowest BCUT2D eigenvalue weighted by atomic mass is 9.94. The van der Waals surface area contributed by atoms with Gasteiger partial charge in [-0.05, 0) is 49.7 Å². The summed E-state index contributed by atoms with van der Waals surface area (Å²) in [5.74, 6) is -3.17. The Morgan fingerprint density at radius 2 is 1.80 bits per heavy atom. The maximum absolute atomic E-state index is 13.9. The number of carbonyl (C=O) groups excluding carboxylic acids is 2. The first-order valence-corrected chi connectivity index (χ1v) is 9.86. The number of nitrogens with zero attached hydrogens (tertiary/aromatic N) is 2. The maximum Gasteiger partial charge on any atom is 0.294 e. The zero-order valence-electron chi connectivity index (χ0n) is 16.0. The van der Waals surface area contributed by atoms with Gasteiger partial charge in [0, 0.05) is 5.69 Å². The highest BCUT2D eigenvalue weighted by Gasteiger charge is 2.45. The highest BCUT2D eigenvalue weighted by atomic mass is 32.1. The van der Waals surface area contributed by atoms with Crippen molar-refractivity contribution in [2.75, 3.05) is 4.90 Å². The van der Waals surface area contributed by atoms with Gasteiger partial charge in [-0.15, -0.1) is 11.3 Å². The number of aliphatic hydroxyl groups is 1. The van der Waals surface area contributed by atoms with Crippen molar-refractivity contribution in [3.63, 3.8) is 0 Å². The number of hydrogen-bond acceptors (Lipinski definition) is 5. The summed E-state index contributed by atoms with van der Waals surface area (Å²) in [5.41, 5.74) is 0.904. The molecular weight excluding hydrogens is 410 g/mol. The Morgan fingerprint density at radius 3 is 2.40 bits per heavy atom. The van der Waals surface area contributed by atoms with Gasteiger partial charge in [-0.1, -0.05) is 18.2 Å². The van der Waals surface area contributed by atoms with E-state index in [0.29, 0.717) is 21.1 Å². The van der Waals surface area contributed by atoms with Gasteiger partial charge < -0.3 is 5.11 Å². The molecule has 2 aromatic carbocycles. The average molecular weight is 426 g/mol.